The van der Waals surface area contributed by atoms with Crippen LogP contribution in [0.4, 0.5) is 4.79 Å². The van der Waals surface area contributed by atoms with Crippen molar-refractivity contribution < 1.29 is 14.4 Å². The van der Waals surface area contributed by atoms with Crippen molar-refractivity contribution in [3.63, 3.8) is 0 Å². The van der Waals surface area contributed by atoms with Crippen molar-refractivity contribution in [2.45, 2.75) is 25.8 Å². The van der Waals surface area contributed by atoms with Gasteiger partial charge in [0, 0.05) is 17.9 Å². The largest absolute Gasteiger partial charge is 0.342 e. The minimum Gasteiger partial charge on any atom is -0.276 e. The molecule has 0 radical (unpaired) electrons. The standard InChI is InChI=1S/C15H16ClN3O3/c16-6-1-2-10-3-4-12-11(8-10)9-19(14(12)21)18-7-5-13(20)17-15(18)22/h3-4,8H,1-2,5-7,9H2,(H,17,20,22). The molecule has 0 atom stereocenters. The maximum atomic E-state index is 12.4. The average molecular weight is 322 g/mol. The molecule has 6 nitrogen and oxygen atoms in total. The number of carbonyl (C=O) groups is 3. The topological polar surface area (TPSA) is 69.7 Å². The van der Waals surface area contributed by atoms with E-state index >= 15 is 0 Å². The number of urea groups is 1. The summed E-state index contributed by atoms with van der Waals surface area (Å²) >= 11 is 5.70. The van der Waals surface area contributed by atoms with Crippen LogP contribution in [0.5, 0.6) is 0 Å². The van der Waals surface area contributed by atoms with Crippen LogP contribution in [-0.2, 0) is 17.8 Å². The summed E-state index contributed by atoms with van der Waals surface area (Å²) in [6.07, 6.45) is 1.95. The van der Waals surface area contributed by atoms with Gasteiger partial charge in [-0.1, -0.05) is 12.1 Å². The van der Waals surface area contributed by atoms with Crippen molar-refractivity contribution in [3.8, 4) is 0 Å². The third kappa shape index (κ3) is 2.66. The minimum absolute atomic E-state index is 0.201. The quantitative estimate of drug-likeness (QED) is 0.858. The first-order valence-corrected chi connectivity index (χ1v) is 7.74. The first-order valence-electron chi connectivity index (χ1n) is 7.21. The van der Waals surface area contributed by atoms with Crippen molar-refractivity contribution in [1.82, 2.24) is 15.3 Å². The number of imide groups is 1. The normalized spacial score (nSPS) is 17.8. The Kier molecular flexibility index (Phi) is 4.02. The van der Waals surface area contributed by atoms with Crippen LogP contribution in [0.1, 0.15) is 34.3 Å². The predicted octanol–water partition coefficient (Wildman–Crippen LogP) is 1.67. The summed E-state index contributed by atoms with van der Waals surface area (Å²) in [6.45, 7) is 0.577. The average Bonchev–Trinajstić information content (AvgIpc) is 2.82. The zero-order chi connectivity index (χ0) is 15.7. The Morgan fingerprint density at radius 1 is 1.18 bits per heavy atom. The molecule has 2 heterocycles. The highest BCUT2D eigenvalue weighted by Gasteiger charge is 2.36. The van der Waals surface area contributed by atoms with Gasteiger partial charge < -0.3 is 0 Å². The second-order valence-electron chi connectivity index (χ2n) is 5.37. The van der Waals surface area contributed by atoms with Crippen molar-refractivity contribution in [1.29, 1.82) is 0 Å². The number of fused-ring (bicyclic) bond motifs is 1. The van der Waals surface area contributed by atoms with Gasteiger partial charge in [0.25, 0.3) is 5.91 Å². The zero-order valence-corrected chi connectivity index (χ0v) is 12.7. The second-order valence-corrected chi connectivity index (χ2v) is 5.75. The van der Waals surface area contributed by atoms with Crippen LogP contribution < -0.4 is 5.32 Å². The Labute approximate surface area is 133 Å². The Hall–Kier alpha value is -2.08. The summed E-state index contributed by atoms with van der Waals surface area (Å²) in [5.41, 5.74) is 2.65. The molecule has 4 amide bonds. The SMILES string of the molecule is O=C1CCN(N2Cc3cc(CCCCl)ccc3C2=O)C(=O)N1. The van der Waals surface area contributed by atoms with Crippen molar-refractivity contribution in [2.75, 3.05) is 12.4 Å². The molecule has 0 bridgehead atoms. The fraction of sp³-hybridized carbons (Fsp3) is 0.400. The molecule has 3 rings (SSSR count). The lowest BCUT2D eigenvalue weighted by atomic mass is 10.0. The molecule has 1 N–H and O–H groups in total. The monoisotopic (exact) mass is 321 g/mol. The maximum absolute atomic E-state index is 12.4. The highest BCUT2D eigenvalue weighted by Crippen LogP contribution is 2.26. The fourth-order valence-corrected chi connectivity index (χ4v) is 2.90. The van der Waals surface area contributed by atoms with E-state index in [-0.39, 0.29) is 24.8 Å². The number of aryl methyl sites for hydroxylation is 1. The summed E-state index contributed by atoms with van der Waals surface area (Å²) in [4.78, 5) is 35.5. The number of nitrogens with zero attached hydrogens (tertiary/aromatic N) is 2. The Morgan fingerprint density at radius 3 is 2.73 bits per heavy atom. The van der Waals surface area contributed by atoms with Gasteiger partial charge in [-0.05, 0) is 30.0 Å². The molecule has 0 aromatic heterocycles. The first-order chi connectivity index (χ1) is 10.6. The fourth-order valence-electron chi connectivity index (χ4n) is 2.77. The van der Waals surface area contributed by atoms with E-state index in [1.807, 2.05) is 12.1 Å². The van der Waals surface area contributed by atoms with E-state index < -0.39 is 6.03 Å². The van der Waals surface area contributed by atoms with Crippen LogP contribution in [0.2, 0.25) is 0 Å². The van der Waals surface area contributed by atoms with Gasteiger partial charge in [0.1, 0.15) is 0 Å². The van der Waals surface area contributed by atoms with Gasteiger partial charge in [0.2, 0.25) is 5.91 Å². The summed E-state index contributed by atoms with van der Waals surface area (Å²) in [5.74, 6) is 0.0848. The van der Waals surface area contributed by atoms with E-state index in [0.29, 0.717) is 18.0 Å². The van der Waals surface area contributed by atoms with Gasteiger partial charge in [-0.3, -0.25) is 14.9 Å². The van der Waals surface area contributed by atoms with E-state index in [1.54, 1.807) is 6.07 Å². The number of hydrogen-bond donors (Lipinski definition) is 1. The minimum atomic E-state index is -0.542. The van der Waals surface area contributed by atoms with E-state index in [4.69, 9.17) is 11.6 Å². The lowest BCUT2D eigenvalue weighted by Gasteiger charge is -2.33. The number of rotatable bonds is 4. The van der Waals surface area contributed by atoms with Crippen LogP contribution in [-0.4, -0.2) is 40.3 Å². The van der Waals surface area contributed by atoms with E-state index in [9.17, 15) is 14.4 Å². The molecule has 1 aromatic carbocycles. The van der Waals surface area contributed by atoms with Crippen molar-refractivity contribution >= 4 is 29.4 Å². The van der Waals surface area contributed by atoms with Gasteiger partial charge in [0.15, 0.2) is 0 Å². The first kappa shape index (κ1) is 14.8. The smallest absolute Gasteiger partial charge is 0.276 e. The van der Waals surface area contributed by atoms with Crippen LogP contribution in [0, 0.1) is 0 Å². The summed E-state index contributed by atoms with van der Waals surface area (Å²) in [5, 5.41) is 4.94. The molecular weight excluding hydrogens is 306 g/mol. The van der Waals surface area contributed by atoms with Crippen molar-refractivity contribution in [3.05, 3.63) is 34.9 Å². The number of halogens is 1. The second kappa shape index (κ2) is 5.96. The Balaban J connectivity index is 1.78. The van der Waals surface area contributed by atoms with Crippen LogP contribution >= 0.6 is 11.6 Å². The molecule has 22 heavy (non-hydrogen) atoms. The number of hydrogen-bond acceptors (Lipinski definition) is 3. The maximum Gasteiger partial charge on any atom is 0.342 e. The van der Waals surface area contributed by atoms with E-state index in [2.05, 4.69) is 5.32 Å². The molecule has 1 saturated heterocycles. The third-order valence-corrected chi connectivity index (χ3v) is 4.14. The van der Waals surface area contributed by atoms with Gasteiger partial charge in [0.05, 0.1) is 13.1 Å². The van der Waals surface area contributed by atoms with Crippen LogP contribution in [0.25, 0.3) is 0 Å². The molecule has 2 aliphatic heterocycles. The summed E-state index contributed by atoms with van der Waals surface area (Å²) in [6, 6.07) is 5.17. The molecule has 1 aromatic rings. The molecule has 2 aliphatic rings. The van der Waals surface area contributed by atoms with Gasteiger partial charge in [-0.2, -0.15) is 0 Å². The molecule has 0 spiro atoms. The molecule has 7 heteroatoms. The number of alkyl halides is 1. The summed E-state index contributed by atoms with van der Waals surface area (Å²) in [7, 11) is 0. The van der Waals surface area contributed by atoms with E-state index in [0.717, 1.165) is 24.0 Å². The predicted molar refractivity (Wildman–Crippen MR) is 80.2 cm³/mol. The molecular formula is C15H16ClN3O3. The Morgan fingerprint density at radius 2 is 2.00 bits per heavy atom. The lowest BCUT2D eigenvalue weighted by molar-refractivity contribution is -0.123. The van der Waals surface area contributed by atoms with Gasteiger partial charge in [-0.15, -0.1) is 11.6 Å². The zero-order valence-electron chi connectivity index (χ0n) is 12.0. The molecule has 0 aliphatic carbocycles. The van der Waals surface area contributed by atoms with Gasteiger partial charge >= 0.3 is 6.03 Å². The number of carbonyl (C=O) groups excluding carboxylic acids is 3. The summed E-state index contributed by atoms with van der Waals surface area (Å²) < 4.78 is 0. The number of amides is 4. The number of hydrazine groups is 1. The van der Waals surface area contributed by atoms with Crippen LogP contribution in [0.3, 0.4) is 0 Å². The van der Waals surface area contributed by atoms with Gasteiger partial charge in [-0.25, -0.2) is 14.8 Å². The lowest BCUT2D eigenvalue weighted by Crippen LogP contribution is -2.56. The molecule has 116 valence electrons. The highest BCUT2D eigenvalue weighted by atomic mass is 35.5. The molecule has 0 saturated carbocycles. The number of nitrogens with one attached hydrogen (secondary N) is 1. The third-order valence-electron chi connectivity index (χ3n) is 3.88. The van der Waals surface area contributed by atoms with Crippen molar-refractivity contribution in [2.24, 2.45) is 0 Å². The van der Waals surface area contributed by atoms with E-state index in [1.165, 1.54) is 10.0 Å². The molecule has 0 unspecified atom stereocenters. The Bertz CT molecular complexity index is 647. The number of benzene rings is 1. The van der Waals surface area contributed by atoms with Crippen LogP contribution in [0.15, 0.2) is 18.2 Å². The highest BCUT2D eigenvalue weighted by molar-refractivity contribution is 6.17. The molecule has 1 fully saturated rings.